The highest BCUT2D eigenvalue weighted by Gasteiger charge is 2.20. The first-order valence-corrected chi connectivity index (χ1v) is 4.40. The van der Waals surface area contributed by atoms with Crippen molar-refractivity contribution in [1.82, 2.24) is 9.80 Å². The molecule has 0 radical (unpaired) electrons. The molecule has 4 nitrogen and oxygen atoms in total. The molecule has 0 atom stereocenters. The highest BCUT2D eigenvalue weighted by Crippen LogP contribution is 2.00. The van der Waals surface area contributed by atoms with Crippen molar-refractivity contribution in [2.24, 2.45) is 5.73 Å². The first-order valence-electron chi connectivity index (χ1n) is 4.40. The van der Waals surface area contributed by atoms with Crippen molar-refractivity contribution in [2.75, 3.05) is 39.8 Å². The lowest BCUT2D eigenvalue weighted by molar-refractivity contribution is -0.135. The van der Waals surface area contributed by atoms with Crippen molar-refractivity contribution >= 4 is 18.3 Å². The van der Waals surface area contributed by atoms with Gasteiger partial charge in [0.2, 0.25) is 5.91 Å². The molecule has 0 saturated carbocycles. The number of piperazine rings is 1. The predicted octanol–water partition coefficient (Wildman–Crippen LogP) is -0.469. The zero-order chi connectivity index (χ0) is 8.97. The van der Waals surface area contributed by atoms with Crippen molar-refractivity contribution in [3.63, 3.8) is 0 Å². The Kier molecular flexibility index (Phi) is 6.03. The maximum Gasteiger partial charge on any atom is 0.236 e. The molecule has 1 aliphatic rings. The number of nitrogens with zero attached hydrogens (tertiary/aromatic N) is 2. The Labute approximate surface area is 85.5 Å². The average Bonchev–Trinajstić information content (AvgIpc) is 2.03. The molecule has 0 aromatic rings. The van der Waals surface area contributed by atoms with Gasteiger partial charge in [-0.25, -0.2) is 0 Å². The van der Waals surface area contributed by atoms with Crippen LogP contribution in [0.3, 0.4) is 0 Å². The normalized spacial score (nSPS) is 18.6. The Bertz CT molecular complexity index is 163. The molecular weight excluding hydrogens is 190 g/mol. The zero-order valence-corrected chi connectivity index (χ0v) is 8.85. The van der Waals surface area contributed by atoms with Crippen LogP contribution in [0, 0.1) is 0 Å². The monoisotopic (exact) mass is 207 g/mol. The van der Waals surface area contributed by atoms with Gasteiger partial charge in [0.15, 0.2) is 0 Å². The fourth-order valence-electron chi connectivity index (χ4n) is 1.34. The molecule has 0 bridgehead atoms. The summed E-state index contributed by atoms with van der Waals surface area (Å²) in [6.07, 6.45) is 0.912. The summed E-state index contributed by atoms with van der Waals surface area (Å²) in [6.45, 7) is 3.89. The Hall–Kier alpha value is -0.320. The third kappa shape index (κ3) is 3.93. The van der Waals surface area contributed by atoms with Crippen LogP contribution in [-0.4, -0.2) is 55.5 Å². The molecule has 1 amide bonds. The summed E-state index contributed by atoms with van der Waals surface area (Å²) in [7, 11) is 1.97. The lowest BCUT2D eigenvalue weighted by atomic mass is 10.3. The molecule has 5 heteroatoms. The molecule has 1 heterocycles. The maximum absolute atomic E-state index is 11.4. The van der Waals surface area contributed by atoms with E-state index in [1.807, 2.05) is 16.8 Å². The number of likely N-dealkylation sites (N-methyl/N-ethyl adjacent to an activating group) is 1. The molecule has 0 spiro atoms. The van der Waals surface area contributed by atoms with Gasteiger partial charge >= 0.3 is 0 Å². The summed E-state index contributed by atoms with van der Waals surface area (Å²) in [5.74, 6) is 0.234. The van der Waals surface area contributed by atoms with E-state index in [1.54, 1.807) is 0 Å². The van der Waals surface area contributed by atoms with E-state index in [0.717, 1.165) is 26.1 Å². The molecule has 0 unspecified atom stereocenters. The Morgan fingerprint density at radius 2 is 2.15 bits per heavy atom. The van der Waals surface area contributed by atoms with Crippen molar-refractivity contribution in [3.05, 3.63) is 0 Å². The Morgan fingerprint density at radius 3 is 2.69 bits per heavy atom. The molecule has 2 N–H and O–H groups in total. The number of rotatable bonds is 3. The molecule has 0 aromatic carbocycles. The zero-order valence-electron chi connectivity index (χ0n) is 8.03. The molecule has 78 valence electrons. The summed E-state index contributed by atoms with van der Waals surface area (Å²) in [6, 6.07) is 0. The van der Waals surface area contributed by atoms with Gasteiger partial charge in [-0.3, -0.25) is 9.69 Å². The minimum absolute atomic E-state index is 0. The highest BCUT2D eigenvalue weighted by atomic mass is 35.5. The second kappa shape index (κ2) is 6.18. The van der Waals surface area contributed by atoms with Gasteiger partial charge in [-0.1, -0.05) is 0 Å². The van der Waals surface area contributed by atoms with E-state index in [9.17, 15) is 4.79 Å². The topological polar surface area (TPSA) is 49.6 Å². The van der Waals surface area contributed by atoms with Crippen LogP contribution in [0.2, 0.25) is 0 Å². The molecular formula is C8H18ClN3O. The average molecular weight is 208 g/mol. The van der Waals surface area contributed by atoms with Crippen LogP contribution >= 0.6 is 12.4 Å². The van der Waals surface area contributed by atoms with E-state index in [2.05, 4.69) is 0 Å². The van der Waals surface area contributed by atoms with E-state index in [-0.39, 0.29) is 18.3 Å². The molecule has 1 fully saturated rings. The minimum Gasteiger partial charge on any atom is -0.340 e. The third-order valence-electron chi connectivity index (χ3n) is 2.14. The molecule has 1 rings (SSSR count). The molecule has 0 aliphatic carbocycles. The van der Waals surface area contributed by atoms with Crippen LogP contribution in [-0.2, 0) is 4.79 Å². The third-order valence-corrected chi connectivity index (χ3v) is 2.14. The van der Waals surface area contributed by atoms with Gasteiger partial charge in [0.1, 0.15) is 0 Å². The second-order valence-corrected chi connectivity index (χ2v) is 3.26. The highest BCUT2D eigenvalue weighted by molar-refractivity contribution is 5.85. The number of carbonyl (C=O) groups is 1. The van der Waals surface area contributed by atoms with Crippen molar-refractivity contribution in [2.45, 2.75) is 6.42 Å². The van der Waals surface area contributed by atoms with E-state index in [0.29, 0.717) is 13.1 Å². The number of hydrogen-bond acceptors (Lipinski definition) is 3. The second-order valence-electron chi connectivity index (χ2n) is 3.26. The summed E-state index contributed by atoms with van der Waals surface area (Å²) in [5, 5.41) is 0. The first-order chi connectivity index (χ1) is 5.74. The van der Waals surface area contributed by atoms with E-state index in [4.69, 9.17) is 5.73 Å². The molecule has 1 saturated heterocycles. The Morgan fingerprint density at radius 1 is 1.46 bits per heavy atom. The predicted molar refractivity (Wildman–Crippen MR) is 55.0 cm³/mol. The number of carbonyl (C=O) groups excluding carboxylic acids is 1. The van der Waals surface area contributed by atoms with Crippen LogP contribution in [0.15, 0.2) is 0 Å². The van der Waals surface area contributed by atoms with Crippen molar-refractivity contribution < 1.29 is 4.79 Å². The molecule has 0 aromatic heterocycles. The van der Waals surface area contributed by atoms with Crippen LogP contribution in [0.5, 0.6) is 0 Å². The largest absolute Gasteiger partial charge is 0.340 e. The van der Waals surface area contributed by atoms with Crippen molar-refractivity contribution in [3.8, 4) is 0 Å². The van der Waals surface area contributed by atoms with Crippen LogP contribution in [0.25, 0.3) is 0 Å². The quantitative estimate of drug-likeness (QED) is 0.681. The van der Waals surface area contributed by atoms with Gasteiger partial charge < -0.3 is 10.6 Å². The van der Waals surface area contributed by atoms with E-state index in [1.165, 1.54) is 0 Å². The summed E-state index contributed by atoms with van der Waals surface area (Å²) in [5.41, 5.74) is 5.37. The van der Waals surface area contributed by atoms with E-state index < -0.39 is 0 Å². The standard InChI is InChI=1S/C8H17N3O.ClH/c1-10-5-6-11(4-2-3-9)8(12)7-10;/h2-7,9H2,1H3;1H. The van der Waals surface area contributed by atoms with Gasteiger partial charge in [-0.2, -0.15) is 0 Å². The smallest absolute Gasteiger partial charge is 0.236 e. The lowest BCUT2D eigenvalue weighted by Gasteiger charge is -2.31. The van der Waals surface area contributed by atoms with Gasteiger partial charge in [0.05, 0.1) is 6.54 Å². The van der Waals surface area contributed by atoms with Gasteiger partial charge in [0.25, 0.3) is 0 Å². The fourth-order valence-corrected chi connectivity index (χ4v) is 1.34. The summed E-state index contributed by atoms with van der Waals surface area (Å²) < 4.78 is 0. The number of nitrogens with two attached hydrogens (primary N) is 1. The number of halogens is 1. The number of hydrogen-bond donors (Lipinski definition) is 1. The fraction of sp³-hybridized carbons (Fsp3) is 0.875. The SMILES string of the molecule is CN1CCN(CCCN)C(=O)C1.Cl. The van der Waals surface area contributed by atoms with Crippen LogP contribution < -0.4 is 5.73 Å². The summed E-state index contributed by atoms with van der Waals surface area (Å²) in [4.78, 5) is 15.3. The molecule has 13 heavy (non-hydrogen) atoms. The minimum atomic E-state index is 0. The van der Waals surface area contributed by atoms with Crippen LogP contribution in [0.4, 0.5) is 0 Å². The van der Waals surface area contributed by atoms with E-state index >= 15 is 0 Å². The Balaban J connectivity index is 0.00000144. The lowest BCUT2D eigenvalue weighted by Crippen LogP contribution is -2.49. The van der Waals surface area contributed by atoms with Crippen LogP contribution in [0.1, 0.15) is 6.42 Å². The summed E-state index contributed by atoms with van der Waals surface area (Å²) >= 11 is 0. The van der Waals surface area contributed by atoms with Crippen molar-refractivity contribution in [1.29, 1.82) is 0 Å². The van der Waals surface area contributed by atoms with Gasteiger partial charge in [-0.15, -0.1) is 12.4 Å². The maximum atomic E-state index is 11.4. The number of amides is 1. The molecule has 1 aliphatic heterocycles. The first kappa shape index (κ1) is 12.7. The van der Waals surface area contributed by atoms with Gasteiger partial charge in [0, 0.05) is 19.6 Å². The van der Waals surface area contributed by atoms with Gasteiger partial charge in [-0.05, 0) is 20.0 Å².